The molecule has 0 unspecified atom stereocenters. The fourth-order valence-electron chi connectivity index (χ4n) is 3.74. The van der Waals surface area contributed by atoms with Gasteiger partial charge >= 0.3 is 0 Å². The van der Waals surface area contributed by atoms with Gasteiger partial charge in [0, 0.05) is 12.1 Å². The van der Waals surface area contributed by atoms with Crippen molar-refractivity contribution in [3.05, 3.63) is 84.4 Å². The number of ether oxygens (including phenoxy) is 1. The largest absolute Gasteiger partial charge is 0.497 e. The number of anilines is 2. The van der Waals surface area contributed by atoms with Crippen LogP contribution in [0.3, 0.4) is 0 Å². The van der Waals surface area contributed by atoms with Crippen molar-refractivity contribution in [3.63, 3.8) is 0 Å². The van der Waals surface area contributed by atoms with E-state index < -0.39 is 26.9 Å². The van der Waals surface area contributed by atoms with Crippen molar-refractivity contribution < 1.29 is 22.7 Å². The van der Waals surface area contributed by atoms with E-state index in [1.165, 1.54) is 11.0 Å². The van der Waals surface area contributed by atoms with Crippen LogP contribution in [0.4, 0.5) is 11.4 Å². The van der Waals surface area contributed by atoms with Gasteiger partial charge < -0.3 is 15.0 Å². The number of para-hydroxylation sites is 1. The zero-order chi connectivity index (χ0) is 22.7. The van der Waals surface area contributed by atoms with E-state index in [1.54, 1.807) is 79.9 Å². The van der Waals surface area contributed by atoms with Gasteiger partial charge in [-0.2, -0.15) is 0 Å². The Labute approximate surface area is 186 Å². The van der Waals surface area contributed by atoms with Gasteiger partial charge in [0.05, 0.1) is 22.9 Å². The molecule has 0 aromatic heterocycles. The number of amides is 2. The summed E-state index contributed by atoms with van der Waals surface area (Å²) in [5, 5.41) is 1.72. The monoisotopic (exact) mass is 450 g/mol. The molecule has 1 aliphatic rings. The van der Waals surface area contributed by atoms with Crippen molar-refractivity contribution in [1.29, 1.82) is 0 Å². The summed E-state index contributed by atoms with van der Waals surface area (Å²) in [7, 11) is -2.30. The molecular weight excluding hydrogens is 428 g/mol. The molecule has 0 bridgehead atoms. The van der Waals surface area contributed by atoms with Crippen LogP contribution in [0.2, 0.25) is 0 Å². The number of hydrogen-bond donors (Lipinski definition) is 1. The lowest BCUT2D eigenvalue weighted by Gasteiger charge is -2.21. The Hall–Kier alpha value is -3.65. The maximum atomic E-state index is 13.5. The Morgan fingerprint density at radius 3 is 2.34 bits per heavy atom. The van der Waals surface area contributed by atoms with Gasteiger partial charge in [-0.05, 0) is 42.0 Å². The Morgan fingerprint density at radius 1 is 1.00 bits per heavy atom. The van der Waals surface area contributed by atoms with Gasteiger partial charge in [0.2, 0.25) is 11.8 Å². The molecule has 164 valence electrons. The lowest BCUT2D eigenvalue weighted by molar-refractivity contribution is -0.121. The highest BCUT2D eigenvalue weighted by molar-refractivity contribution is 7.92. The predicted molar refractivity (Wildman–Crippen MR) is 121 cm³/mol. The van der Waals surface area contributed by atoms with Gasteiger partial charge in [0.15, 0.2) is 9.84 Å². The maximum absolute atomic E-state index is 13.5. The lowest BCUT2D eigenvalue weighted by Crippen LogP contribution is -2.38. The zero-order valence-electron chi connectivity index (χ0n) is 17.4. The van der Waals surface area contributed by atoms with Crippen LogP contribution in [-0.2, 0) is 19.4 Å². The van der Waals surface area contributed by atoms with Crippen LogP contribution in [0, 0.1) is 0 Å². The van der Waals surface area contributed by atoms with Crippen LogP contribution in [0.25, 0.3) is 0 Å². The zero-order valence-corrected chi connectivity index (χ0v) is 18.2. The molecule has 0 aliphatic carbocycles. The molecule has 8 heteroatoms. The van der Waals surface area contributed by atoms with Gasteiger partial charge in [0.1, 0.15) is 12.3 Å². The van der Waals surface area contributed by atoms with Crippen LogP contribution < -0.4 is 15.0 Å². The number of methoxy groups -OCH3 is 1. The van der Waals surface area contributed by atoms with E-state index in [-0.39, 0.29) is 23.5 Å². The molecule has 0 fully saturated rings. The molecule has 3 aromatic rings. The van der Waals surface area contributed by atoms with Gasteiger partial charge in [-0.3, -0.25) is 9.59 Å². The minimum absolute atomic E-state index is 0.0388. The van der Waals surface area contributed by atoms with Gasteiger partial charge in [-0.15, -0.1) is 0 Å². The third kappa shape index (κ3) is 4.22. The second-order valence-corrected chi connectivity index (χ2v) is 9.47. The molecule has 1 heterocycles. The standard InChI is InChI=1S/C24H22N2O5S/c1-31-19-13-11-18(12-14-19)25-23(27)16-26-20-9-5-6-10-21(20)32(29,30)22(15-24(26)28)17-7-3-2-4-8-17/h2-14,22H,15-16H2,1H3,(H,25,27)/t22-/m1/s1. The fourth-order valence-corrected chi connectivity index (χ4v) is 5.67. The highest BCUT2D eigenvalue weighted by Gasteiger charge is 2.39. The number of sulfone groups is 1. The first kappa shape index (κ1) is 21.6. The van der Waals surface area contributed by atoms with Crippen molar-refractivity contribution in [2.45, 2.75) is 16.6 Å². The minimum Gasteiger partial charge on any atom is -0.497 e. The molecule has 1 N–H and O–H groups in total. The number of rotatable bonds is 5. The van der Waals surface area contributed by atoms with E-state index in [0.717, 1.165) is 0 Å². The molecule has 32 heavy (non-hydrogen) atoms. The molecule has 0 radical (unpaired) electrons. The van der Waals surface area contributed by atoms with Crippen LogP contribution in [0.15, 0.2) is 83.8 Å². The summed E-state index contributed by atoms with van der Waals surface area (Å²) in [5.74, 6) is -0.220. The molecule has 1 aliphatic heterocycles. The predicted octanol–water partition coefficient (Wildman–Crippen LogP) is 3.59. The molecule has 0 spiro atoms. The van der Waals surface area contributed by atoms with E-state index in [9.17, 15) is 18.0 Å². The van der Waals surface area contributed by atoms with Crippen molar-refractivity contribution in [2.75, 3.05) is 23.9 Å². The molecule has 7 nitrogen and oxygen atoms in total. The Bertz CT molecular complexity index is 1240. The summed E-state index contributed by atoms with van der Waals surface area (Å²) in [6.45, 7) is -0.307. The highest BCUT2D eigenvalue weighted by Crippen LogP contribution is 2.40. The molecule has 1 atom stereocenters. The number of carbonyl (C=O) groups is 2. The number of nitrogens with one attached hydrogen (secondary N) is 1. The molecule has 0 saturated heterocycles. The third-order valence-corrected chi connectivity index (χ3v) is 7.49. The van der Waals surface area contributed by atoms with E-state index in [1.807, 2.05) is 0 Å². The third-order valence-electron chi connectivity index (χ3n) is 5.35. The van der Waals surface area contributed by atoms with Gasteiger partial charge in [-0.1, -0.05) is 42.5 Å². The first-order chi connectivity index (χ1) is 15.4. The van der Waals surface area contributed by atoms with E-state index in [4.69, 9.17) is 4.74 Å². The fraction of sp³-hybridized carbons (Fsp3) is 0.167. The van der Waals surface area contributed by atoms with E-state index >= 15 is 0 Å². The second-order valence-electron chi connectivity index (χ2n) is 7.37. The SMILES string of the molecule is COc1ccc(NC(=O)CN2C(=O)C[C@H](c3ccccc3)S(=O)(=O)c3ccccc32)cc1. The summed E-state index contributed by atoms with van der Waals surface area (Å²) in [5.41, 5.74) is 1.29. The number of fused-ring (bicyclic) bond motifs is 1. The smallest absolute Gasteiger partial charge is 0.244 e. The first-order valence-corrected chi connectivity index (χ1v) is 11.6. The van der Waals surface area contributed by atoms with Crippen molar-refractivity contribution >= 4 is 33.0 Å². The Balaban J connectivity index is 1.65. The number of benzene rings is 3. The summed E-state index contributed by atoms with van der Waals surface area (Å²) < 4.78 is 32.0. The van der Waals surface area contributed by atoms with Crippen LogP contribution in [0.5, 0.6) is 5.75 Å². The molecule has 0 saturated carbocycles. The number of carbonyl (C=O) groups excluding carboxylic acids is 2. The Kier molecular flexibility index (Phi) is 5.96. The van der Waals surface area contributed by atoms with E-state index in [2.05, 4.69) is 5.32 Å². The lowest BCUT2D eigenvalue weighted by atomic mass is 10.1. The Morgan fingerprint density at radius 2 is 1.66 bits per heavy atom. The highest BCUT2D eigenvalue weighted by atomic mass is 32.2. The maximum Gasteiger partial charge on any atom is 0.244 e. The number of hydrogen-bond acceptors (Lipinski definition) is 5. The van der Waals surface area contributed by atoms with Crippen molar-refractivity contribution in [3.8, 4) is 5.75 Å². The average Bonchev–Trinajstić information content (AvgIpc) is 2.89. The summed E-state index contributed by atoms with van der Waals surface area (Å²) in [6.07, 6.45) is -0.253. The summed E-state index contributed by atoms with van der Waals surface area (Å²) >= 11 is 0. The second kappa shape index (κ2) is 8.84. The van der Waals surface area contributed by atoms with Gasteiger partial charge in [0.25, 0.3) is 0 Å². The molecule has 3 aromatic carbocycles. The van der Waals surface area contributed by atoms with Crippen LogP contribution >= 0.6 is 0 Å². The quantitative estimate of drug-likeness (QED) is 0.641. The van der Waals surface area contributed by atoms with Gasteiger partial charge in [-0.25, -0.2) is 8.42 Å². The summed E-state index contributed by atoms with van der Waals surface area (Å²) in [4.78, 5) is 27.2. The molecule has 2 amide bonds. The van der Waals surface area contributed by atoms with Crippen LogP contribution in [-0.4, -0.2) is 33.9 Å². The number of nitrogens with zero attached hydrogens (tertiary/aromatic N) is 1. The van der Waals surface area contributed by atoms with Crippen molar-refractivity contribution in [1.82, 2.24) is 0 Å². The molecular formula is C24H22N2O5S. The van der Waals surface area contributed by atoms with Crippen LogP contribution in [0.1, 0.15) is 17.2 Å². The average molecular weight is 451 g/mol. The van der Waals surface area contributed by atoms with Crippen molar-refractivity contribution in [2.24, 2.45) is 0 Å². The topological polar surface area (TPSA) is 92.8 Å². The summed E-state index contributed by atoms with van der Waals surface area (Å²) in [6, 6.07) is 21.8. The molecule has 4 rings (SSSR count). The van der Waals surface area contributed by atoms with E-state index in [0.29, 0.717) is 17.0 Å². The normalized spacial score (nSPS) is 17.2. The first-order valence-electron chi connectivity index (χ1n) is 10.0. The minimum atomic E-state index is -3.85.